The lowest BCUT2D eigenvalue weighted by atomic mass is 10.1. The summed E-state index contributed by atoms with van der Waals surface area (Å²) in [5, 5.41) is 2.82. The predicted molar refractivity (Wildman–Crippen MR) is 93.9 cm³/mol. The molecule has 1 aromatic carbocycles. The molecule has 0 aliphatic carbocycles. The number of rotatable bonds is 8. The van der Waals surface area contributed by atoms with Gasteiger partial charge in [0.2, 0.25) is 17.5 Å². The highest BCUT2D eigenvalue weighted by Crippen LogP contribution is 2.39. The van der Waals surface area contributed by atoms with Crippen molar-refractivity contribution in [1.29, 1.82) is 0 Å². The summed E-state index contributed by atoms with van der Waals surface area (Å²) in [4.78, 5) is 16.0. The zero-order chi connectivity index (χ0) is 18.2. The minimum absolute atomic E-state index is 0.0819. The van der Waals surface area contributed by atoms with E-state index in [1.165, 1.54) is 0 Å². The molecule has 7 heteroatoms. The van der Waals surface area contributed by atoms with Gasteiger partial charge in [0.25, 0.3) is 0 Å². The number of carbonyl (C=O) groups is 1. The molecule has 134 valence electrons. The Morgan fingerprint density at radius 1 is 1.20 bits per heavy atom. The first-order valence-electron chi connectivity index (χ1n) is 7.90. The van der Waals surface area contributed by atoms with E-state index in [4.69, 9.17) is 19.9 Å². The molecular formula is C18H23N3O4. The van der Waals surface area contributed by atoms with Crippen molar-refractivity contribution in [2.75, 3.05) is 20.8 Å². The summed E-state index contributed by atoms with van der Waals surface area (Å²) in [5.74, 6) is 1.66. The van der Waals surface area contributed by atoms with Gasteiger partial charge < -0.3 is 25.3 Å². The van der Waals surface area contributed by atoms with E-state index in [1.807, 2.05) is 12.1 Å². The summed E-state index contributed by atoms with van der Waals surface area (Å²) in [5.41, 5.74) is 6.33. The van der Waals surface area contributed by atoms with Gasteiger partial charge >= 0.3 is 0 Å². The van der Waals surface area contributed by atoms with Crippen molar-refractivity contribution in [3.8, 4) is 23.1 Å². The number of aromatic nitrogens is 1. The Hall–Kier alpha value is -2.80. The lowest BCUT2D eigenvalue weighted by Gasteiger charge is -2.13. The predicted octanol–water partition coefficient (Wildman–Crippen LogP) is 2.10. The van der Waals surface area contributed by atoms with Crippen LogP contribution < -0.4 is 25.3 Å². The molecule has 1 amide bonds. The van der Waals surface area contributed by atoms with Gasteiger partial charge in [-0.25, -0.2) is 4.98 Å². The molecule has 0 aliphatic rings. The fourth-order valence-electron chi connectivity index (χ4n) is 2.07. The zero-order valence-corrected chi connectivity index (χ0v) is 14.6. The summed E-state index contributed by atoms with van der Waals surface area (Å²) < 4.78 is 16.4. The topological polar surface area (TPSA) is 95.7 Å². The van der Waals surface area contributed by atoms with E-state index in [2.05, 4.69) is 10.3 Å². The first-order chi connectivity index (χ1) is 12.1. The lowest BCUT2D eigenvalue weighted by molar-refractivity contribution is -0.124. The molecule has 1 atom stereocenters. The number of nitrogens with two attached hydrogens (primary N) is 1. The molecule has 0 fully saturated rings. The van der Waals surface area contributed by atoms with Crippen LogP contribution in [-0.2, 0) is 11.3 Å². The molecule has 1 unspecified atom stereocenters. The number of methoxy groups -OCH3 is 2. The molecular weight excluding hydrogens is 322 g/mol. The molecule has 1 heterocycles. The maximum atomic E-state index is 11.7. The average molecular weight is 345 g/mol. The number of benzene rings is 1. The molecule has 0 radical (unpaired) electrons. The van der Waals surface area contributed by atoms with Crippen LogP contribution in [0.3, 0.4) is 0 Å². The van der Waals surface area contributed by atoms with Gasteiger partial charge in [0.05, 0.1) is 14.2 Å². The van der Waals surface area contributed by atoms with Gasteiger partial charge in [0.15, 0.2) is 11.5 Å². The second-order valence-corrected chi connectivity index (χ2v) is 5.45. The monoisotopic (exact) mass is 345 g/mol. The zero-order valence-electron chi connectivity index (χ0n) is 14.6. The summed E-state index contributed by atoms with van der Waals surface area (Å²) in [6, 6.07) is 8.92. The number of carbonyl (C=O) groups excluding carboxylic acids is 1. The molecule has 0 spiro atoms. The number of nitrogens with zero attached hydrogens (tertiary/aromatic N) is 1. The highest BCUT2D eigenvalue weighted by atomic mass is 16.5. The molecule has 25 heavy (non-hydrogen) atoms. The van der Waals surface area contributed by atoms with Crippen molar-refractivity contribution in [2.45, 2.75) is 13.5 Å². The first-order valence-corrected chi connectivity index (χ1v) is 7.90. The van der Waals surface area contributed by atoms with Gasteiger partial charge in [-0.2, -0.15) is 0 Å². The Balaban J connectivity index is 2.05. The fraction of sp³-hybridized carbons (Fsp3) is 0.333. The fourth-order valence-corrected chi connectivity index (χ4v) is 2.07. The number of amides is 1. The second-order valence-electron chi connectivity index (χ2n) is 5.45. The van der Waals surface area contributed by atoms with E-state index in [-0.39, 0.29) is 11.8 Å². The first kappa shape index (κ1) is 18.5. The molecule has 3 N–H and O–H groups in total. The van der Waals surface area contributed by atoms with Gasteiger partial charge in [-0.05, 0) is 17.7 Å². The van der Waals surface area contributed by atoms with Crippen LogP contribution >= 0.6 is 0 Å². The highest BCUT2D eigenvalue weighted by molar-refractivity contribution is 5.78. The summed E-state index contributed by atoms with van der Waals surface area (Å²) in [6.07, 6.45) is 1.64. The smallest absolute Gasteiger partial charge is 0.224 e. The molecule has 1 aromatic heterocycles. The van der Waals surface area contributed by atoms with E-state index < -0.39 is 0 Å². The lowest BCUT2D eigenvalue weighted by Crippen LogP contribution is -2.32. The Morgan fingerprint density at radius 2 is 1.88 bits per heavy atom. The van der Waals surface area contributed by atoms with E-state index in [9.17, 15) is 4.79 Å². The van der Waals surface area contributed by atoms with Crippen LogP contribution in [0.1, 0.15) is 12.5 Å². The van der Waals surface area contributed by atoms with Gasteiger partial charge in [-0.3, -0.25) is 4.79 Å². The SMILES string of the molecule is COc1cccc(OC)c1Oc1ccc(CNC(=O)C(C)CN)cn1. The molecule has 0 aliphatic heterocycles. The molecule has 7 nitrogen and oxygen atoms in total. The van der Waals surface area contributed by atoms with Gasteiger partial charge in [0.1, 0.15) is 0 Å². The van der Waals surface area contributed by atoms with E-state index in [0.29, 0.717) is 36.2 Å². The standard InChI is InChI=1S/C18H23N3O4/c1-12(9-19)18(22)21-11-13-7-8-16(20-10-13)25-17-14(23-2)5-4-6-15(17)24-3/h4-8,10,12H,9,11,19H2,1-3H3,(H,21,22). The third kappa shape index (κ3) is 4.84. The maximum Gasteiger partial charge on any atom is 0.224 e. The van der Waals surface area contributed by atoms with Crippen molar-refractivity contribution >= 4 is 5.91 Å². The Morgan fingerprint density at radius 3 is 2.40 bits per heavy atom. The van der Waals surface area contributed by atoms with Gasteiger partial charge in [-0.15, -0.1) is 0 Å². The Labute approximate surface area is 147 Å². The molecule has 0 saturated carbocycles. The summed E-state index contributed by atoms with van der Waals surface area (Å²) >= 11 is 0. The van der Waals surface area contributed by atoms with Crippen molar-refractivity contribution in [3.63, 3.8) is 0 Å². The van der Waals surface area contributed by atoms with Crippen LogP contribution in [0.15, 0.2) is 36.5 Å². The van der Waals surface area contributed by atoms with Crippen LogP contribution in [0, 0.1) is 5.92 Å². The molecule has 0 saturated heterocycles. The Bertz CT molecular complexity index is 682. The number of ether oxygens (including phenoxy) is 3. The van der Waals surface area contributed by atoms with Crippen LogP contribution in [0.5, 0.6) is 23.1 Å². The number of nitrogens with one attached hydrogen (secondary N) is 1. The van der Waals surface area contributed by atoms with Crippen molar-refractivity contribution in [1.82, 2.24) is 10.3 Å². The van der Waals surface area contributed by atoms with Crippen LogP contribution in [0.2, 0.25) is 0 Å². The molecule has 2 aromatic rings. The number of hydrogen-bond donors (Lipinski definition) is 2. The van der Waals surface area contributed by atoms with Crippen LogP contribution in [0.25, 0.3) is 0 Å². The second kappa shape index (κ2) is 8.89. The third-order valence-electron chi connectivity index (χ3n) is 3.65. The van der Waals surface area contributed by atoms with Crippen molar-refractivity contribution in [2.24, 2.45) is 11.7 Å². The maximum absolute atomic E-state index is 11.7. The van der Waals surface area contributed by atoms with Gasteiger partial charge in [0, 0.05) is 31.3 Å². The van der Waals surface area contributed by atoms with Crippen LogP contribution in [0.4, 0.5) is 0 Å². The molecule has 2 rings (SSSR count). The van der Waals surface area contributed by atoms with Gasteiger partial charge in [-0.1, -0.05) is 19.1 Å². The quantitative estimate of drug-likeness (QED) is 0.761. The number of para-hydroxylation sites is 1. The minimum atomic E-state index is -0.214. The highest BCUT2D eigenvalue weighted by Gasteiger charge is 2.13. The Kier molecular flexibility index (Phi) is 6.59. The normalized spacial score (nSPS) is 11.5. The molecule has 0 bridgehead atoms. The van der Waals surface area contributed by atoms with Crippen LogP contribution in [-0.4, -0.2) is 31.7 Å². The van der Waals surface area contributed by atoms with Crippen molar-refractivity contribution in [3.05, 3.63) is 42.1 Å². The summed E-state index contributed by atoms with van der Waals surface area (Å²) in [7, 11) is 3.12. The van der Waals surface area contributed by atoms with Crippen molar-refractivity contribution < 1.29 is 19.0 Å². The van der Waals surface area contributed by atoms with E-state index in [0.717, 1.165) is 5.56 Å². The van der Waals surface area contributed by atoms with E-state index in [1.54, 1.807) is 45.5 Å². The number of pyridine rings is 1. The largest absolute Gasteiger partial charge is 0.493 e. The third-order valence-corrected chi connectivity index (χ3v) is 3.65. The minimum Gasteiger partial charge on any atom is -0.493 e. The average Bonchev–Trinajstić information content (AvgIpc) is 2.66. The number of hydrogen-bond acceptors (Lipinski definition) is 6. The van der Waals surface area contributed by atoms with E-state index >= 15 is 0 Å². The summed E-state index contributed by atoms with van der Waals surface area (Å²) in [6.45, 7) is 2.48.